The van der Waals surface area contributed by atoms with E-state index >= 15 is 0 Å². The third kappa shape index (κ3) is 3.28. The van der Waals surface area contributed by atoms with Crippen LogP contribution < -0.4 is 4.72 Å². The van der Waals surface area contributed by atoms with E-state index in [0.717, 1.165) is 19.3 Å². The molecule has 19 heavy (non-hydrogen) atoms. The lowest BCUT2D eigenvalue weighted by Gasteiger charge is -2.32. The second-order valence-corrected chi connectivity index (χ2v) is 7.24. The van der Waals surface area contributed by atoms with Gasteiger partial charge in [-0.25, -0.2) is 13.1 Å². The van der Waals surface area contributed by atoms with Crippen molar-refractivity contribution in [3.63, 3.8) is 0 Å². The zero-order valence-corrected chi connectivity index (χ0v) is 12.2. The number of phenols is 1. The van der Waals surface area contributed by atoms with Gasteiger partial charge in [-0.05, 0) is 43.2 Å². The molecule has 3 unspecified atom stereocenters. The van der Waals surface area contributed by atoms with Crippen molar-refractivity contribution < 1.29 is 13.5 Å². The maximum Gasteiger partial charge on any atom is 0.244 e. The molecule has 5 heteroatoms. The topological polar surface area (TPSA) is 66.4 Å². The van der Waals surface area contributed by atoms with Crippen LogP contribution in [0.3, 0.4) is 0 Å². The minimum absolute atomic E-state index is 0.0317. The summed E-state index contributed by atoms with van der Waals surface area (Å²) in [6.45, 7) is 4.36. The normalized spacial score (nSPS) is 28.2. The molecule has 0 aliphatic heterocycles. The summed E-state index contributed by atoms with van der Waals surface area (Å²) in [7, 11) is -3.63. The van der Waals surface area contributed by atoms with E-state index in [0.29, 0.717) is 11.8 Å². The Morgan fingerprint density at radius 2 is 1.84 bits per heavy atom. The molecule has 2 N–H and O–H groups in total. The number of hydrogen-bond donors (Lipinski definition) is 2. The maximum atomic E-state index is 12.2. The minimum Gasteiger partial charge on any atom is -0.507 e. The number of benzene rings is 1. The van der Waals surface area contributed by atoms with Gasteiger partial charge < -0.3 is 5.11 Å². The van der Waals surface area contributed by atoms with Crippen molar-refractivity contribution in [2.45, 2.75) is 44.0 Å². The predicted molar refractivity (Wildman–Crippen MR) is 74.4 cm³/mol. The summed E-state index contributed by atoms with van der Waals surface area (Å²) in [6.07, 6.45) is 2.75. The van der Waals surface area contributed by atoms with Gasteiger partial charge in [-0.15, -0.1) is 0 Å². The van der Waals surface area contributed by atoms with Gasteiger partial charge in [0, 0.05) is 6.04 Å². The second kappa shape index (κ2) is 5.51. The molecule has 1 aromatic rings. The SMILES string of the molecule is CC1CCC(NS(=O)(=O)c2ccccc2O)CC1C. The first kappa shape index (κ1) is 14.3. The Bertz CT molecular complexity index is 541. The van der Waals surface area contributed by atoms with Crippen molar-refractivity contribution in [1.29, 1.82) is 0 Å². The number of para-hydroxylation sites is 1. The summed E-state index contributed by atoms with van der Waals surface area (Å²) in [5, 5.41) is 9.65. The lowest BCUT2D eigenvalue weighted by Crippen LogP contribution is -2.39. The molecule has 106 valence electrons. The zero-order valence-electron chi connectivity index (χ0n) is 11.3. The molecule has 0 saturated heterocycles. The Kier molecular flexibility index (Phi) is 4.16. The first-order chi connectivity index (χ1) is 8.90. The summed E-state index contributed by atoms with van der Waals surface area (Å²) in [4.78, 5) is -0.0405. The molecule has 1 saturated carbocycles. The fourth-order valence-electron chi connectivity index (χ4n) is 2.62. The van der Waals surface area contributed by atoms with Crippen LogP contribution in [0.4, 0.5) is 0 Å². The van der Waals surface area contributed by atoms with Crippen LogP contribution in [0.1, 0.15) is 33.1 Å². The van der Waals surface area contributed by atoms with Crippen molar-refractivity contribution in [1.82, 2.24) is 4.72 Å². The molecule has 0 spiro atoms. The largest absolute Gasteiger partial charge is 0.507 e. The Morgan fingerprint density at radius 1 is 1.16 bits per heavy atom. The van der Waals surface area contributed by atoms with E-state index in [1.165, 1.54) is 12.1 Å². The van der Waals surface area contributed by atoms with E-state index in [9.17, 15) is 13.5 Å². The molecule has 0 radical (unpaired) electrons. The van der Waals surface area contributed by atoms with Crippen molar-refractivity contribution in [2.24, 2.45) is 11.8 Å². The highest BCUT2D eigenvalue weighted by molar-refractivity contribution is 7.89. The van der Waals surface area contributed by atoms with Crippen LogP contribution in [0.15, 0.2) is 29.2 Å². The molecule has 0 heterocycles. The third-order valence-electron chi connectivity index (χ3n) is 4.07. The monoisotopic (exact) mass is 283 g/mol. The number of rotatable bonds is 3. The van der Waals surface area contributed by atoms with Crippen LogP contribution in [0, 0.1) is 11.8 Å². The molecule has 1 fully saturated rings. The number of phenolic OH excluding ortho intramolecular Hbond substituents is 1. The standard InChI is InChI=1S/C14H21NO3S/c1-10-7-8-12(9-11(10)2)15-19(17,18)14-6-4-3-5-13(14)16/h3-6,10-12,15-16H,7-9H2,1-2H3. The summed E-state index contributed by atoms with van der Waals surface area (Å²) in [5.74, 6) is 0.962. The summed E-state index contributed by atoms with van der Waals surface area (Å²) in [6, 6.07) is 6.00. The van der Waals surface area contributed by atoms with Gasteiger partial charge in [0.25, 0.3) is 0 Å². The Labute approximate surface area is 114 Å². The molecule has 4 nitrogen and oxygen atoms in total. The van der Waals surface area contributed by atoms with E-state index in [1.807, 2.05) is 0 Å². The van der Waals surface area contributed by atoms with Crippen LogP contribution in [0.25, 0.3) is 0 Å². The molecule has 0 bridgehead atoms. The van der Waals surface area contributed by atoms with Crippen LogP contribution in [0.2, 0.25) is 0 Å². The molecule has 1 aromatic carbocycles. The van der Waals surface area contributed by atoms with E-state index in [-0.39, 0.29) is 16.7 Å². The van der Waals surface area contributed by atoms with E-state index in [1.54, 1.807) is 12.1 Å². The van der Waals surface area contributed by atoms with Gasteiger partial charge in [0.15, 0.2) is 0 Å². The number of sulfonamides is 1. The Hall–Kier alpha value is -1.07. The average Bonchev–Trinajstić information content (AvgIpc) is 2.34. The van der Waals surface area contributed by atoms with Crippen molar-refractivity contribution >= 4 is 10.0 Å². The molecule has 2 rings (SSSR count). The minimum atomic E-state index is -3.63. The van der Waals surface area contributed by atoms with Crippen LogP contribution >= 0.6 is 0 Å². The molecule has 1 aliphatic rings. The average molecular weight is 283 g/mol. The molecule has 0 aromatic heterocycles. The molecule has 3 atom stereocenters. The lowest BCUT2D eigenvalue weighted by molar-refractivity contribution is 0.241. The van der Waals surface area contributed by atoms with Gasteiger partial charge in [-0.1, -0.05) is 26.0 Å². The zero-order chi connectivity index (χ0) is 14.0. The van der Waals surface area contributed by atoms with Gasteiger partial charge in [0.2, 0.25) is 10.0 Å². The van der Waals surface area contributed by atoms with Gasteiger partial charge >= 0.3 is 0 Å². The molecule has 1 aliphatic carbocycles. The van der Waals surface area contributed by atoms with Crippen LogP contribution in [-0.2, 0) is 10.0 Å². The van der Waals surface area contributed by atoms with Crippen molar-refractivity contribution in [2.75, 3.05) is 0 Å². The first-order valence-corrected chi connectivity index (χ1v) is 8.19. The molecular formula is C14H21NO3S. The number of nitrogens with one attached hydrogen (secondary N) is 1. The van der Waals surface area contributed by atoms with Crippen molar-refractivity contribution in [3.8, 4) is 5.75 Å². The smallest absolute Gasteiger partial charge is 0.244 e. The highest BCUT2D eigenvalue weighted by atomic mass is 32.2. The van der Waals surface area contributed by atoms with Crippen molar-refractivity contribution in [3.05, 3.63) is 24.3 Å². The third-order valence-corrected chi connectivity index (χ3v) is 5.64. The first-order valence-electron chi connectivity index (χ1n) is 6.70. The summed E-state index contributed by atoms with van der Waals surface area (Å²) in [5.41, 5.74) is 0. The van der Waals surface area contributed by atoms with Gasteiger partial charge in [0.1, 0.15) is 10.6 Å². The van der Waals surface area contributed by atoms with E-state index in [4.69, 9.17) is 0 Å². The highest BCUT2D eigenvalue weighted by Gasteiger charge is 2.29. The van der Waals surface area contributed by atoms with E-state index in [2.05, 4.69) is 18.6 Å². The van der Waals surface area contributed by atoms with Gasteiger partial charge in [-0.3, -0.25) is 0 Å². The molecular weight excluding hydrogens is 262 g/mol. The quantitative estimate of drug-likeness (QED) is 0.895. The predicted octanol–water partition coefficient (Wildman–Crippen LogP) is 2.50. The fraction of sp³-hybridized carbons (Fsp3) is 0.571. The van der Waals surface area contributed by atoms with E-state index < -0.39 is 10.0 Å². The molecule has 0 amide bonds. The Morgan fingerprint density at radius 3 is 2.47 bits per heavy atom. The Balaban J connectivity index is 2.12. The van der Waals surface area contributed by atoms with Crippen LogP contribution in [-0.4, -0.2) is 19.6 Å². The van der Waals surface area contributed by atoms with Gasteiger partial charge in [0.05, 0.1) is 0 Å². The number of aromatic hydroxyl groups is 1. The second-order valence-electron chi connectivity index (χ2n) is 5.55. The summed E-state index contributed by atoms with van der Waals surface area (Å²) >= 11 is 0. The highest BCUT2D eigenvalue weighted by Crippen LogP contribution is 2.30. The number of hydrogen-bond acceptors (Lipinski definition) is 3. The van der Waals surface area contributed by atoms with Gasteiger partial charge in [-0.2, -0.15) is 0 Å². The lowest BCUT2D eigenvalue weighted by atomic mass is 9.79. The van der Waals surface area contributed by atoms with Crippen LogP contribution in [0.5, 0.6) is 5.75 Å². The fourth-order valence-corrected chi connectivity index (χ4v) is 4.00. The summed E-state index contributed by atoms with van der Waals surface area (Å²) < 4.78 is 27.2. The maximum absolute atomic E-state index is 12.2.